The van der Waals surface area contributed by atoms with Crippen molar-refractivity contribution in [3.8, 4) is 11.5 Å². The average molecular weight is 511 g/mol. The van der Waals surface area contributed by atoms with Gasteiger partial charge in [-0.25, -0.2) is 9.59 Å². The minimum absolute atomic E-state index is 0.00478. The zero-order valence-corrected chi connectivity index (χ0v) is 21.6. The zero-order chi connectivity index (χ0) is 27.4. The predicted molar refractivity (Wildman–Crippen MR) is 139 cm³/mol. The van der Waals surface area contributed by atoms with E-state index in [4.69, 9.17) is 18.9 Å². The van der Waals surface area contributed by atoms with Gasteiger partial charge in [0.1, 0.15) is 37.9 Å². The van der Waals surface area contributed by atoms with Crippen molar-refractivity contribution >= 4 is 17.9 Å². The molecule has 0 heterocycles. The topological polar surface area (TPSA) is 108 Å². The maximum absolute atomic E-state index is 11.4. The van der Waals surface area contributed by atoms with E-state index in [0.717, 1.165) is 11.1 Å². The van der Waals surface area contributed by atoms with E-state index in [9.17, 15) is 19.5 Å². The van der Waals surface area contributed by atoms with Crippen molar-refractivity contribution < 1.29 is 38.4 Å². The van der Waals surface area contributed by atoms with Gasteiger partial charge in [-0.3, -0.25) is 4.79 Å². The molecule has 1 N–H and O–H groups in total. The second-order valence-corrected chi connectivity index (χ2v) is 8.80. The highest BCUT2D eigenvalue weighted by Gasteiger charge is 2.29. The van der Waals surface area contributed by atoms with Gasteiger partial charge in [0.05, 0.1) is 0 Å². The monoisotopic (exact) mass is 510 g/mol. The zero-order valence-electron chi connectivity index (χ0n) is 21.6. The number of carboxylic acids is 1. The third-order valence-electron chi connectivity index (χ3n) is 5.69. The lowest BCUT2D eigenvalue weighted by Crippen LogP contribution is -2.25. The quantitative estimate of drug-likeness (QED) is 0.206. The van der Waals surface area contributed by atoms with Crippen molar-refractivity contribution in [2.24, 2.45) is 0 Å². The predicted octanol–water partition coefficient (Wildman–Crippen LogP) is 4.85. The van der Waals surface area contributed by atoms with Crippen LogP contribution in [0.3, 0.4) is 0 Å². The Morgan fingerprint density at radius 2 is 1.11 bits per heavy atom. The molecule has 0 aromatic heterocycles. The summed E-state index contributed by atoms with van der Waals surface area (Å²) in [7, 11) is 0. The van der Waals surface area contributed by atoms with Crippen LogP contribution in [0.2, 0.25) is 0 Å². The van der Waals surface area contributed by atoms with Gasteiger partial charge in [0, 0.05) is 23.0 Å². The van der Waals surface area contributed by atoms with Gasteiger partial charge in [-0.2, -0.15) is 0 Å². The van der Waals surface area contributed by atoms with E-state index in [2.05, 4.69) is 13.2 Å². The van der Waals surface area contributed by atoms with Crippen LogP contribution in [0.5, 0.6) is 11.5 Å². The summed E-state index contributed by atoms with van der Waals surface area (Å²) in [6.45, 7) is 12.8. The first-order valence-corrected chi connectivity index (χ1v) is 11.9. The van der Waals surface area contributed by atoms with Crippen molar-refractivity contribution in [2.45, 2.75) is 39.0 Å². The summed E-state index contributed by atoms with van der Waals surface area (Å²) in [4.78, 5) is 34.2. The first-order valence-electron chi connectivity index (χ1n) is 11.9. The van der Waals surface area contributed by atoms with Crippen LogP contribution >= 0.6 is 0 Å². The Morgan fingerprint density at radius 3 is 1.43 bits per heavy atom. The number of hydrogen-bond donors (Lipinski definition) is 1. The lowest BCUT2D eigenvalue weighted by atomic mass is 9.73. The molecule has 8 nitrogen and oxygen atoms in total. The molecule has 0 radical (unpaired) electrons. The molecule has 0 saturated heterocycles. The minimum Gasteiger partial charge on any atom is -0.490 e. The summed E-state index contributed by atoms with van der Waals surface area (Å²) >= 11 is 0. The number of carbonyl (C=O) groups is 3. The van der Waals surface area contributed by atoms with Gasteiger partial charge < -0.3 is 24.1 Å². The second-order valence-electron chi connectivity index (χ2n) is 8.80. The summed E-state index contributed by atoms with van der Waals surface area (Å²) in [5.41, 5.74) is 1.93. The van der Waals surface area contributed by atoms with Gasteiger partial charge in [0.15, 0.2) is 0 Å². The van der Waals surface area contributed by atoms with E-state index in [-0.39, 0.29) is 32.8 Å². The Kier molecular flexibility index (Phi) is 10.9. The number of esters is 2. The Morgan fingerprint density at radius 1 is 0.730 bits per heavy atom. The lowest BCUT2D eigenvalue weighted by molar-refractivity contribution is -0.140. The molecule has 2 rings (SSSR count). The largest absolute Gasteiger partial charge is 0.490 e. The van der Waals surface area contributed by atoms with Crippen molar-refractivity contribution in [2.75, 3.05) is 26.4 Å². The summed E-state index contributed by atoms with van der Waals surface area (Å²) in [5, 5.41) is 9.32. The standard InChI is InChI=1S/C29H34O8/c1-20(2)27(32)36-18-16-34-24-10-6-22(7-11-24)29(5,15-14-26(30)31)23-8-12-25(13-9-23)35-17-19-37-28(33)21(3)4/h6-13H,1,3,14-19H2,2,4-5H3,(H,30,31). The second kappa shape index (κ2) is 13.9. The van der Waals surface area contributed by atoms with Gasteiger partial charge in [-0.15, -0.1) is 0 Å². The highest BCUT2D eigenvalue weighted by molar-refractivity contribution is 5.87. The van der Waals surface area contributed by atoms with Gasteiger partial charge >= 0.3 is 17.9 Å². The van der Waals surface area contributed by atoms with E-state index in [0.29, 0.717) is 29.1 Å². The molecule has 2 aromatic rings. The molecule has 0 spiro atoms. The maximum atomic E-state index is 11.4. The number of carbonyl (C=O) groups excluding carboxylic acids is 2. The Balaban J connectivity index is 2.06. The van der Waals surface area contributed by atoms with Crippen LogP contribution in [0.25, 0.3) is 0 Å². The van der Waals surface area contributed by atoms with Gasteiger partial charge in [0.25, 0.3) is 0 Å². The molecule has 2 aromatic carbocycles. The molecule has 0 unspecified atom stereocenters. The fourth-order valence-corrected chi connectivity index (χ4v) is 3.48. The molecule has 198 valence electrons. The first-order chi connectivity index (χ1) is 17.5. The smallest absolute Gasteiger partial charge is 0.333 e. The van der Waals surface area contributed by atoms with Crippen molar-refractivity contribution in [1.29, 1.82) is 0 Å². The van der Waals surface area contributed by atoms with E-state index in [1.54, 1.807) is 38.1 Å². The molecule has 37 heavy (non-hydrogen) atoms. The summed E-state index contributed by atoms with van der Waals surface area (Å²) in [5.74, 6) is -0.593. The van der Waals surface area contributed by atoms with E-state index in [1.165, 1.54) is 0 Å². The van der Waals surface area contributed by atoms with E-state index in [1.807, 2.05) is 31.2 Å². The first kappa shape index (κ1) is 29.2. The molecular weight excluding hydrogens is 476 g/mol. The third-order valence-corrected chi connectivity index (χ3v) is 5.69. The highest BCUT2D eigenvalue weighted by Crippen LogP contribution is 2.38. The molecule has 0 amide bonds. The average Bonchev–Trinajstić information content (AvgIpc) is 2.88. The van der Waals surface area contributed by atoms with Crippen LogP contribution < -0.4 is 9.47 Å². The number of carboxylic acid groups (broad SMARTS) is 1. The Bertz CT molecular complexity index is 1020. The molecule has 0 aliphatic carbocycles. The molecular formula is C29H34O8. The summed E-state index contributed by atoms with van der Waals surface area (Å²) in [6.07, 6.45) is 0.381. The van der Waals surface area contributed by atoms with E-state index >= 15 is 0 Å². The normalized spacial score (nSPS) is 10.8. The van der Waals surface area contributed by atoms with Gasteiger partial charge in [0.2, 0.25) is 0 Å². The number of hydrogen-bond acceptors (Lipinski definition) is 7. The molecule has 0 saturated carbocycles. The van der Waals surface area contributed by atoms with E-state index < -0.39 is 23.3 Å². The summed E-state index contributed by atoms with van der Waals surface area (Å²) < 4.78 is 21.3. The number of rotatable bonds is 15. The Hall–Kier alpha value is -4.07. The van der Waals surface area contributed by atoms with Crippen LogP contribution in [-0.4, -0.2) is 49.4 Å². The molecule has 0 aliphatic rings. The molecule has 0 aliphatic heterocycles. The SMILES string of the molecule is C=C(C)C(=O)OCCOc1ccc(C(C)(CCC(=O)O)c2ccc(OCCOC(=O)C(=C)C)cc2)cc1. The van der Waals surface area contributed by atoms with Gasteiger partial charge in [-0.1, -0.05) is 44.3 Å². The van der Waals surface area contributed by atoms with Crippen molar-refractivity contribution in [3.63, 3.8) is 0 Å². The van der Waals surface area contributed by atoms with Crippen LogP contribution in [-0.2, 0) is 29.3 Å². The van der Waals surface area contributed by atoms with Crippen LogP contribution in [0.1, 0.15) is 44.7 Å². The molecule has 0 fully saturated rings. The lowest BCUT2D eigenvalue weighted by Gasteiger charge is -2.31. The number of aliphatic carboxylic acids is 1. The molecule has 0 atom stereocenters. The van der Waals surface area contributed by atoms with Crippen LogP contribution in [0.15, 0.2) is 72.8 Å². The fourth-order valence-electron chi connectivity index (χ4n) is 3.48. The number of ether oxygens (including phenoxy) is 4. The highest BCUT2D eigenvalue weighted by atomic mass is 16.6. The van der Waals surface area contributed by atoms with Crippen LogP contribution in [0, 0.1) is 0 Å². The van der Waals surface area contributed by atoms with Crippen molar-refractivity contribution in [1.82, 2.24) is 0 Å². The minimum atomic E-state index is -0.875. The van der Waals surface area contributed by atoms with Crippen molar-refractivity contribution in [3.05, 3.63) is 84.0 Å². The van der Waals surface area contributed by atoms with Crippen LogP contribution in [0.4, 0.5) is 0 Å². The third kappa shape index (κ3) is 9.14. The fraction of sp³-hybridized carbons (Fsp3) is 0.345. The Labute approximate surface area is 217 Å². The maximum Gasteiger partial charge on any atom is 0.333 e. The molecule has 0 bridgehead atoms. The summed E-state index contributed by atoms with van der Waals surface area (Å²) in [6, 6.07) is 14.8. The van der Waals surface area contributed by atoms with Gasteiger partial charge in [-0.05, 0) is 55.7 Å². The molecule has 8 heteroatoms. The number of benzene rings is 2.